The van der Waals surface area contributed by atoms with Gasteiger partial charge in [-0.15, -0.1) is 11.3 Å². The molecule has 0 aliphatic heterocycles. The maximum atomic E-state index is 12.7. The van der Waals surface area contributed by atoms with Gasteiger partial charge in [-0.25, -0.2) is 0 Å². The second kappa shape index (κ2) is 7.93. The molecule has 2 rings (SSSR count). The highest BCUT2D eigenvalue weighted by Crippen LogP contribution is 2.26. The van der Waals surface area contributed by atoms with Gasteiger partial charge in [-0.05, 0) is 30.4 Å². The lowest BCUT2D eigenvalue weighted by Gasteiger charge is -2.15. The van der Waals surface area contributed by atoms with Crippen LogP contribution in [-0.4, -0.2) is 15.5 Å². The molecule has 2 aromatic heterocycles. The number of aromatic hydroxyl groups is 1. The molecule has 0 unspecified atom stereocenters. The molecule has 2 aromatic rings. The van der Waals surface area contributed by atoms with Gasteiger partial charge in [-0.1, -0.05) is 32.3 Å². The van der Waals surface area contributed by atoms with Crippen molar-refractivity contribution in [1.82, 2.24) is 4.57 Å². The molecular formula is C18H20N2O3S. The Labute approximate surface area is 144 Å². The van der Waals surface area contributed by atoms with Crippen molar-refractivity contribution in [3.05, 3.63) is 49.4 Å². The SMILES string of the molecule is CCCCCCn1c(O)c(C(=O)c2cccs2)c(C)c(C#N)c1=O. The van der Waals surface area contributed by atoms with Gasteiger partial charge in [0.25, 0.3) is 5.56 Å². The van der Waals surface area contributed by atoms with E-state index in [4.69, 9.17) is 0 Å². The second-order valence-electron chi connectivity index (χ2n) is 5.63. The Morgan fingerprint density at radius 3 is 2.71 bits per heavy atom. The van der Waals surface area contributed by atoms with Gasteiger partial charge >= 0.3 is 0 Å². The molecule has 0 spiro atoms. The number of nitrogens with zero attached hydrogens (tertiary/aromatic N) is 2. The highest BCUT2D eigenvalue weighted by molar-refractivity contribution is 7.12. The van der Waals surface area contributed by atoms with E-state index in [0.29, 0.717) is 17.8 Å². The Bertz CT molecular complexity index is 829. The fourth-order valence-electron chi connectivity index (χ4n) is 2.66. The van der Waals surface area contributed by atoms with Crippen LogP contribution in [0.1, 0.15) is 59.0 Å². The zero-order chi connectivity index (χ0) is 17.7. The van der Waals surface area contributed by atoms with Crippen molar-refractivity contribution in [1.29, 1.82) is 5.26 Å². The van der Waals surface area contributed by atoms with Crippen LogP contribution < -0.4 is 5.56 Å². The number of nitriles is 1. The van der Waals surface area contributed by atoms with E-state index in [2.05, 4.69) is 6.92 Å². The lowest BCUT2D eigenvalue weighted by Crippen LogP contribution is -2.26. The van der Waals surface area contributed by atoms with E-state index in [9.17, 15) is 20.0 Å². The zero-order valence-electron chi connectivity index (χ0n) is 13.8. The Morgan fingerprint density at radius 2 is 2.12 bits per heavy atom. The summed E-state index contributed by atoms with van der Waals surface area (Å²) in [4.78, 5) is 25.6. The van der Waals surface area contributed by atoms with Crippen LogP contribution in [0.3, 0.4) is 0 Å². The van der Waals surface area contributed by atoms with E-state index >= 15 is 0 Å². The lowest BCUT2D eigenvalue weighted by molar-refractivity contribution is 0.103. The molecule has 1 N–H and O–H groups in total. The summed E-state index contributed by atoms with van der Waals surface area (Å²) in [5.41, 5.74) is -0.331. The first-order chi connectivity index (χ1) is 11.5. The van der Waals surface area contributed by atoms with Crippen LogP contribution in [0, 0.1) is 18.3 Å². The Morgan fingerprint density at radius 1 is 1.38 bits per heavy atom. The van der Waals surface area contributed by atoms with Crippen LogP contribution in [0.15, 0.2) is 22.3 Å². The predicted molar refractivity (Wildman–Crippen MR) is 93.7 cm³/mol. The van der Waals surface area contributed by atoms with E-state index in [0.717, 1.165) is 23.8 Å². The first-order valence-corrected chi connectivity index (χ1v) is 8.85. The highest BCUT2D eigenvalue weighted by Gasteiger charge is 2.25. The predicted octanol–water partition coefficient (Wildman–Crippen LogP) is 3.61. The Kier molecular flexibility index (Phi) is 5.93. The molecule has 0 fully saturated rings. The van der Waals surface area contributed by atoms with Crippen molar-refractivity contribution >= 4 is 17.1 Å². The maximum absolute atomic E-state index is 12.7. The number of aromatic nitrogens is 1. The third-order valence-corrected chi connectivity index (χ3v) is 4.88. The Balaban J connectivity index is 2.53. The highest BCUT2D eigenvalue weighted by atomic mass is 32.1. The first-order valence-electron chi connectivity index (χ1n) is 7.97. The topological polar surface area (TPSA) is 83.1 Å². The molecule has 0 saturated heterocycles. The fourth-order valence-corrected chi connectivity index (χ4v) is 3.33. The van der Waals surface area contributed by atoms with Gasteiger partial charge < -0.3 is 5.11 Å². The molecule has 24 heavy (non-hydrogen) atoms. The largest absolute Gasteiger partial charge is 0.494 e. The summed E-state index contributed by atoms with van der Waals surface area (Å²) in [6.07, 6.45) is 3.72. The molecule has 0 aliphatic carbocycles. The van der Waals surface area contributed by atoms with Crippen LogP contribution in [0.2, 0.25) is 0 Å². The molecule has 0 atom stereocenters. The number of unbranched alkanes of at least 4 members (excludes halogenated alkanes) is 3. The number of carbonyl (C=O) groups is 1. The number of hydrogen-bond donors (Lipinski definition) is 1. The molecule has 5 nitrogen and oxygen atoms in total. The van der Waals surface area contributed by atoms with Crippen LogP contribution in [0.25, 0.3) is 0 Å². The van der Waals surface area contributed by atoms with Crippen molar-refractivity contribution in [3.8, 4) is 11.9 Å². The molecule has 0 aliphatic rings. The van der Waals surface area contributed by atoms with Crippen molar-refractivity contribution in [2.75, 3.05) is 0 Å². The van der Waals surface area contributed by atoms with Gasteiger partial charge in [0.05, 0.1) is 10.4 Å². The average molecular weight is 344 g/mol. The molecule has 2 heterocycles. The number of pyridine rings is 1. The van der Waals surface area contributed by atoms with Crippen LogP contribution in [0.5, 0.6) is 5.88 Å². The van der Waals surface area contributed by atoms with Crippen molar-refractivity contribution in [2.24, 2.45) is 0 Å². The molecule has 0 radical (unpaired) electrons. The van der Waals surface area contributed by atoms with Gasteiger partial charge in [0.1, 0.15) is 11.6 Å². The monoisotopic (exact) mass is 344 g/mol. The van der Waals surface area contributed by atoms with Crippen LogP contribution in [-0.2, 0) is 6.54 Å². The number of hydrogen-bond acceptors (Lipinski definition) is 5. The standard InChI is InChI=1S/C18H20N2O3S/c1-3-4-5-6-9-20-17(22)13(11-19)12(2)15(18(20)23)16(21)14-8-7-10-24-14/h7-8,10,23H,3-6,9H2,1-2H3. The summed E-state index contributed by atoms with van der Waals surface area (Å²) < 4.78 is 1.15. The normalized spacial score (nSPS) is 10.5. The van der Waals surface area contributed by atoms with E-state index in [-0.39, 0.29) is 28.4 Å². The molecule has 126 valence electrons. The van der Waals surface area contributed by atoms with Crippen LogP contribution in [0.4, 0.5) is 0 Å². The van der Waals surface area contributed by atoms with Gasteiger partial charge in [0, 0.05) is 6.54 Å². The summed E-state index contributed by atoms with van der Waals surface area (Å²) in [5.74, 6) is -0.704. The fraction of sp³-hybridized carbons (Fsp3) is 0.389. The minimum absolute atomic E-state index is 0.0455. The van der Waals surface area contributed by atoms with Crippen molar-refractivity contribution < 1.29 is 9.90 Å². The van der Waals surface area contributed by atoms with E-state index in [1.165, 1.54) is 18.3 Å². The number of ketones is 1. The quantitative estimate of drug-likeness (QED) is 0.614. The van der Waals surface area contributed by atoms with E-state index < -0.39 is 5.56 Å². The third kappa shape index (κ3) is 3.41. The van der Waals surface area contributed by atoms with Gasteiger partial charge in [-0.2, -0.15) is 5.26 Å². The molecule has 0 aromatic carbocycles. The third-order valence-electron chi connectivity index (χ3n) is 4.01. The maximum Gasteiger partial charge on any atom is 0.271 e. The number of carbonyl (C=O) groups excluding carboxylic acids is 1. The second-order valence-corrected chi connectivity index (χ2v) is 6.58. The molecule has 0 saturated carbocycles. The van der Waals surface area contributed by atoms with E-state index in [1.54, 1.807) is 17.5 Å². The van der Waals surface area contributed by atoms with E-state index in [1.807, 2.05) is 6.07 Å². The van der Waals surface area contributed by atoms with Crippen molar-refractivity contribution in [3.63, 3.8) is 0 Å². The summed E-state index contributed by atoms with van der Waals surface area (Å²) >= 11 is 1.26. The molecule has 0 amide bonds. The summed E-state index contributed by atoms with van der Waals surface area (Å²) in [5, 5.41) is 21.6. The number of thiophene rings is 1. The summed E-state index contributed by atoms with van der Waals surface area (Å²) in [6.45, 7) is 3.91. The Hall–Kier alpha value is -2.39. The summed E-state index contributed by atoms with van der Waals surface area (Å²) in [6, 6.07) is 5.29. The average Bonchev–Trinajstić information content (AvgIpc) is 3.09. The van der Waals surface area contributed by atoms with Crippen LogP contribution >= 0.6 is 11.3 Å². The first kappa shape index (κ1) is 18.0. The molecule has 6 heteroatoms. The van der Waals surface area contributed by atoms with Gasteiger partial charge in [-0.3, -0.25) is 14.2 Å². The molecule has 0 bridgehead atoms. The minimum atomic E-state index is -0.535. The zero-order valence-corrected chi connectivity index (χ0v) is 14.7. The minimum Gasteiger partial charge on any atom is -0.494 e. The van der Waals surface area contributed by atoms with Crippen molar-refractivity contribution in [2.45, 2.75) is 46.1 Å². The lowest BCUT2D eigenvalue weighted by atomic mass is 10.0. The smallest absolute Gasteiger partial charge is 0.271 e. The summed E-state index contributed by atoms with van der Waals surface area (Å²) in [7, 11) is 0. The number of rotatable bonds is 7. The van der Waals surface area contributed by atoms with Gasteiger partial charge in [0.2, 0.25) is 11.7 Å². The van der Waals surface area contributed by atoms with Gasteiger partial charge in [0.15, 0.2) is 0 Å². The molecular weight excluding hydrogens is 324 g/mol.